The van der Waals surface area contributed by atoms with Gasteiger partial charge in [-0.25, -0.2) is 4.79 Å². The molecular weight excluding hydrogens is 274 g/mol. The van der Waals surface area contributed by atoms with Gasteiger partial charge >= 0.3 is 6.03 Å². The molecule has 3 N–H and O–H groups in total. The van der Waals surface area contributed by atoms with E-state index in [4.69, 9.17) is 4.74 Å². The summed E-state index contributed by atoms with van der Waals surface area (Å²) in [5.74, 6) is -0.0503. The van der Waals surface area contributed by atoms with Crippen LogP contribution in [0.4, 0.5) is 4.79 Å². The number of imide groups is 1. The standard InChI is InChI=1S/C14H27N3O4/c1-11(2)8-15-13(19)16-12(18)9-17(3)10-14(20)4-6-21-7-5-14/h11,20H,4-10H2,1-3H3,(H2,15,16,18,19). The largest absolute Gasteiger partial charge is 0.388 e. The Morgan fingerprint density at radius 1 is 1.33 bits per heavy atom. The molecule has 21 heavy (non-hydrogen) atoms. The molecule has 1 fully saturated rings. The van der Waals surface area contributed by atoms with Crippen molar-refractivity contribution >= 4 is 11.9 Å². The number of carbonyl (C=O) groups is 2. The Labute approximate surface area is 126 Å². The summed E-state index contributed by atoms with van der Waals surface area (Å²) in [7, 11) is 1.75. The molecule has 7 heteroatoms. The predicted molar refractivity (Wildman–Crippen MR) is 78.9 cm³/mol. The SMILES string of the molecule is CC(C)CNC(=O)NC(=O)CN(C)CC1(O)CCOCC1. The van der Waals surface area contributed by atoms with E-state index in [9.17, 15) is 14.7 Å². The topological polar surface area (TPSA) is 90.9 Å². The summed E-state index contributed by atoms with van der Waals surface area (Å²) in [6.45, 7) is 6.00. The minimum absolute atomic E-state index is 0.0677. The van der Waals surface area contributed by atoms with E-state index in [1.54, 1.807) is 11.9 Å². The molecule has 3 amide bonds. The molecule has 7 nitrogen and oxygen atoms in total. The number of aliphatic hydroxyl groups is 1. The number of ether oxygens (including phenoxy) is 1. The second-order valence-electron chi connectivity index (χ2n) is 6.16. The highest BCUT2D eigenvalue weighted by molar-refractivity contribution is 5.95. The molecular formula is C14H27N3O4. The van der Waals surface area contributed by atoms with E-state index < -0.39 is 11.6 Å². The van der Waals surface area contributed by atoms with E-state index in [0.29, 0.717) is 45.1 Å². The lowest BCUT2D eigenvalue weighted by Gasteiger charge is -2.35. The highest BCUT2D eigenvalue weighted by Crippen LogP contribution is 2.20. The Kier molecular flexibility index (Phi) is 7.07. The maximum absolute atomic E-state index is 11.7. The van der Waals surface area contributed by atoms with Crippen molar-refractivity contribution in [3.63, 3.8) is 0 Å². The lowest BCUT2D eigenvalue weighted by atomic mass is 9.94. The van der Waals surface area contributed by atoms with Crippen LogP contribution in [-0.4, -0.2) is 67.4 Å². The van der Waals surface area contributed by atoms with Crippen LogP contribution in [0, 0.1) is 5.92 Å². The fraction of sp³-hybridized carbons (Fsp3) is 0.857. The first-order valence-electron chi connectivity index (χ1n) is 7.37. The summed E-state index contributed by atoms with van der Waals surface area (Å²) in [6, 6.07) is -0.480. The van der Waals surface area contributed by atoms with Crippen LogP contribution in [0.25, 0.3) is 0 Å². The molecule has 122 valence electrons. The van der Waals surface area contributed by atoms with Crippen molar-refractivity contribution in [1.82, 2.24) is 15.5 Å². The van der Waals surface area contributed by atoms with Gasteiger partial charge in [-0.3, -0.25) is 15.0 Å². The smallest absolute Gasteiger partial charge is 0.321 e. The van der Waals surface area contributed by atoms with Crippen LogP contribution < -0.4 is 10.6 Å². The Hall–Kier alpha value is -1.18. The minimum Gasteiger partial charge on any atom is -0.388 e. The van der Waals surface area contributed by atoms with E-state index in [1.807, 2.05) is 13.8 Å². The molecule has 0 aromatic carbocycles. The molecule has 0 spiro atoms. The third kappa shape index (κ3) is 7.40. The summed E-state index contributed by atoms with van der Waals surface area (Å²) < 4.78 is 5.22. The van der Waals surface area contributed by atoms with E-state index in [0.717, 1.165) is 0 Å². The number of carbonyl (C=O) groups excluding carboxylic acids is 2. The normalized spacial score (nSPS) is 17.8. The van der Waals surface area contributed by atoms with E-state index in [1.165, 1.54) is 0 Å². The van der Waals surface area contributed by atoms with Gasteiger partial charge in [0.1, 0.15) is 0 Å². The van der Waals surface area contributed by atoms with Gasteiger partial charge in [0.2, 0.25) is 5.91 Å². The number of rotatable bonds is 6. The quantitative estimate of drug-likeness (QED) is 0.639. The van der Waals surface area contributed by atoms with E-state index in [-0.39, 0.29) is 12.5 Å². The van der Waals surface area contributed by atoms with Crippen LogP contribution in [0.15, 0.2) is 0 Å². The van der Waals surface area contributed by atoms with Gasteiger partial charge < -0.3 is 15.2 Å². The number of nitrogens with zero attached hydrogens (tertiary/aromatic N) is 1. The number of hydrogen-bond donors (Lipinski definition) is 3. The highest BCUT2D eigenvalue weighted by Gasteiger charge is 2.31. The molecule has 1 rings (SSSR count). The van der Waals surface area contributed by atoms with Gasteiger partial charge in [0, 0.05) is 39.1 Å². The van der Waals surface area contributed by atoms with Gasteiger partial charge in [-0.15, -0.1) is 0 Å². The summed E-state index contributed by atoms with van der Waals surface area (Å²) in [4.78, 5) is 24.9. The van der Waals surface area contributed by atoms with Gasteiger partial charge in [-0.1, -0.05) is 13.8 Å². The van der Waals surface area contributed by atoms with E-state index in [2.05, 4.69) is 10.6 Å². The zero-order valence-electron chi connectivity index (χ0n) is 13.1. The molecule has 0 bridgehead atoms. The second kappa shape index (κ2) is 8.31. The number of hydrogen-bond acceptors (Lipinski definition) is 5. The summed E-state index contributed by atoms with van der Waals surface area (Å²) in [5.41, 5.74) is -0.812. The van der Waals surface area contributed by atoms with Crippen molar-refractivity contribution in [3.8, 4) is 0 Å². The van der Waals surface area contributed by atoms with Gasteiger partial charge in [0.15, 0.2) is 0 Å². The molecule has 0 unspecified atom stereocenters. The number of urea groups is 1. The first kappa shape index (κ1) is 17.9. The molecule has 0 aromatic heterocycles. The van der Waals surface area contributed by atoms with E-state index >= 15 is 0 Å². The second-order valence-corrected chi connectivity index (χ2v) is 6.16. The maximum atomic E-state index is 11.7. The van der Waals surface area contributed by atoms with Crippen LogP contribution in [0.2, 0.25) is 0 Å². The van der Waals surface area contributed by atoms with Crippen molar-refractivity contribution in [2.45, 2.75) is 32.3 Å². The molecule has 1 saturated heterocycles. The lowest BCUT2D eigenvalue weighted by Crippen LogP contribution is -2.49. The van der Waals surface area contributed by atoms with Crippen molar-refractivity contribution in [1.29, 1.82) is 0 Å². The summed E-state index contributed by atoms with van der Waals surface area (Å²) >= 11 is 0. The van der Waals surface area contributed by atoms with Crippen LogP contribution in [0.1, 0.15) is 26.7 Å². The molecule has 0 radical (unpaired) electrons. The average molecular weight is 301 g/mol. The van der Waals surface area contributed by atoms with Crippen LogP contribution in [0.5, 0.6) is 0 Å². The zero-order chi connectivity index (χ0) is 15.9. The van der Waals surface area contributed by atoms with Crippen LogP contribution in [-0.2, 0) is 9.53 Å². The molecule has 1 aliphatic rings. The highest BCUT2D eigenvalue weighted by atomic mass is 16.5. The molecule has 0 saturated carbocycles. The molecule has 1 aliphatic heterocycles. The van der Waals surface area contributed by atoms with Crippen molar-refractivity contribution in [2.24, 2.45) is 5.92 Å². The Morgan fingerprint density at radius 2 is 1.95 bits per heavy atom. The first-order chi connectivity index (χ1) is 9.81. The number of nitrogens with one attached hydrogen (secondary N) is 2. The summed E-state index contributed by atoms with van der Waals surface area (Å²) in [5, 5.41) is 15.2. The third-order valence-electron chi connectivity index (χ3n) is 3.33. The van der Waals surface area contributed by atoms with Gasteiger partial charge in [-0.05, 0) is 13.0 Å². The zero-order valence-corrected chi connectivity index (χ0v) is 13.1. The van der Waals surface area contributed by atoms with Gasteiger partial charge in [0.05, 0.1) is 12.1 Å². The number of likely N-dealkylation sites (N-methyl/N-ethyl adjacent to an activating group) is 1. The first-order valence-corrected chi connectivity index (χ1v) is 7.37. The molecule has 0 aliphatic carbocycles. The van der Waals surface area contributed by atoms with Crippen molar-refractivity contribution < 1.29 is 19.4 Å². The number of amides is 3. The van der Waals surface area contributed by atoms with Gasteiger partial charge in [0.25, 0.3) is 0 Å². The fourth-order valence-electron chi connectivity index (χ4n) is 2.22. The maximum Gasteiger partial charge on any atom is 0.321 e. The molecule has 0 atom stereocenters. The lowest BCUT2D eigenvalue weighted by molar-refractivity contribution is -0.122. The Morgan fingerprint density at radius 3 is 2.52 bits per heavy atom. The predicted octanol–water partition coefficient (Wildman–Crippen LogP) is -0.0585. The molecule has 0 aromatic rings. The monoisotopic (exact) mass is 301 g/mol. The molecule has 1 heterocycles. The third-order valence-corrected chi connectivity index (χ3v) is 3.33. The Balaban J connectivity index is 2.28. The average Bonchev–Trinajstić information content (AvgIpc) is 2.36. The van der Waals surface area contributed by atoms with Crippen molar-refractivity contribution in [3.05, 3.63) is 0 Å². The van der Waals surface area contributed by atoms with Gasteiger partial charge in [-0.2, -0.15) is 0 Å². The minimum atomic E-state index is -0.812. The fourth-order valence-corrected chi connectivity index (χ4v) is 2.22. The van der Waals surface area contributed by atoms with Crippen molar-refractivity contribution in [2.75, 3.05) is 39.9 Å². The summed E-state index contributed by atoms with van der Waals surface area (Å²) in [6.07, 6.45) is 1.13. The Bertz CT molecular complexity index is 354. The van der Waals surface area contributed by atoms with Crippen LogP contribution in [0.3, 0.4) is 0 Å². The van der Waals surface area contributed by atoms with Crippen LogP contribution >= 0.6 is 0 Å².